The molecule has 56 heavy (non-hydrogen) atoms. The van der Waals surface area contributed by atoms with Crippen molar-refractivity contribution in [3.63, 3.8) is 0 Å². The lowest BCUT2D eigenvalue weighted by atomic mass is 9.99. The van der Waals surface area contributed by atoms with Crippen LogP contribution in [-0.4, -0.2) is 89.0 Å². The van der Waals surface area contributed by atoms with Crippen LogP contribution in [0, 0.1) is 0 Å². The monoisotopic (exact) mass is 797 g/mol. The van der Waals surface area contributed by atoms with Gasteiger partial charge in [0.05, 0.1) is 13.2 Å². The number of aliphatic hydroxyl groups excluding tert-OH is 4. The van der Waals surface area contributed by atoms with Crippen molar-refractivity contribution < 1.29 is 49.0 Å². The van der Waals surface area contributed by atoms with Gasteiger partial charge in [0.2, 0.25) is 0 Å². The Morgan fingerprint density at radius 2 is 1.00 bits per heavy atom. The molecule has 0 aromatic carbocycles. The zero-order chi connectivity index (χ0) is 40.9. The van der Waals surface area contributed by atoms with Crippen LogP contribution in [0.1, 0.15) is 200 Å². The predicted octanol–water partition coefficient (Wildman–Crippen LogP) is 9.72. The van der Waals surface area contributed by atoms with Gasteiger partial charge < -0.3 is 39.4 Å². The molecule has 0 amide bonds. The second kappa shape index (κ2) is 37.5. The first-order valence-electron chi connectivity index (χ1n) is 22.9. The molecule has 1 fully saturated rings. The Balaban J connectivity index is 2.32. The summed E-state index contributed by atoms with van der Waals surface area (Å²) in [5, 5.41) is 40.1. The van der Waals surface area contributed by atoms with E-state index in [0.29, 0.717) is 6.42 Å². The highest BCUT2D eigenvalue weighted by Crippen LogP contribution is 2.23. The predicted molar refractivity (Wildman–Crippen MR) is 224 cm³/mol. The Morgan fingerprint density at radius 3 is 1.52 bits per heavy atom. The maximum atomic E-state index is 12.8. The van der Waals surface area contributed by atoms with E-state index in [4.69, 9.17) is 18.9 Å². The SMILES string of the molecule is CCCCC/C=C/C/C=C/CCCCCCCCCC(=O)OC[C@@H](CO[C@H]1O[C@@H](CO)[C@@H](O)C(O)C1O)OC(=O)CCCCCCCCCCCCCCCC. The number of carbonyl (C=O) groups excluding carboxylic acids is 2. The third kappa shape index (κ3) is 28.6. The summed E-state index contributed by atoms with van der Waals surface area (Å²) in [7, 11) is 0. The number of rotatable bonds is 38. The van der Waals surface area contributed by atoms with Crippen LogP contribution < -0.4 is 0 Å². The lowest BCUT2D eigenvalue weighted by molar-refractivity contribution is -0.305. The van der Waals surface area contributed by atoms with Crippen molar-refractivity contribution in [1.29, 1.82) is 0 Å². The van der Waals surface area contributed by atoms with Crippen molar-refractivity contribution in [2.24, 2.45) is 0 Å². The first kappa shape index (κ1) is 52.2. The van der Waals surface area contributed by atoms with Crippen LogP contribution in [0.4, 0.5) is 0 Å². The molecule has 0 aliphatic carbocycles. The van der Waals surface area contributed by atoms with Crippen molar-refractivity contribution in [3.8, 4) is 0 Å². The molecule has 0 bridgehead atoms. The summed E-state index contributed by atoms with van der Waals surface area (Å²) in [4.78, 5) is 25.3. The number of hydrogen-bond donors (Lipinski definition) is 4. The smallest absolute Gasteiger partial charge is 0.306 e. The third-order valence-corrected chi connectivity index (χ3v) is 10.6. The van der Waals surface area contributed by atoms with Crippen molar-refractivity contribution >= 4 is 11.9 Å². The van der Waals surface area contributed by atoms with E-state index in [1.165, 1.54) is 109 Å². The van der Waals surface area contributed by atoms with E-state index in [-0.39, 0.29) is 32.0 Å². The quantitative estimate of drug-likeness (QED) is 0.0270. The minimum atomic E-state index is -1.59. The highest BCUT2D eigenvalue weighted by Gasteiger charge is 2.44. The van der Waals surface area contributed by atoms with Gasteiger partial charge in [-0.3, -0.25) is 9.59 Å². The summed E-state index contributed by atoms with van der Waals surface area (Å²) in [6.45, 7) is 3.40. The molecule has 4 N–H and O–H groups in total. The van der Waals surface area contributed by atoms with Crippen molar-refractivity contribution in [3.05, 3.63) is 24.3 Å². The van der Waals surface area contributed by atoms with Crippen molar-refractivity contribution in [1.82, 2.24) is 0 Å². The van der Waals surface area contributed by atoms with Crippen LogP contribution in [-0.2, 0) is 28.5 Å². The summed E-state index contributed by atoms with van der Waals surface area (Å²) >= 11 is 0. The molecule has 0 saturated carbocycles. The number of unbranched alkanes of at least 4 members (excludes halogenated alkanes) is 23. The zero-order valence-corrected chi connectivity index (χ0v) is 35.6. The minimum absolute atomic E-state index is 0.218. The average molecular weight is 797 g/mol. The van der Waals surface area contributed by atoms with Gasteiger partial charge in [0.1, 0.15) is 31.0 Å². The van der Waals surface area contributed by atoms with E-state index < -0.39 is 49.4 Å². The first-order chi connectivity index (χ1) is 27.3. The maximum absolute atomic E-state index is 12.8. The highest BCUT2D eigenvalue weighted by molar-refractivity contribution is 5.70. The zero-order valence-electron chi connectivity index (χ0n) is 35.6. The molecule has 6 atom stereocenters. The largest absolute Gasteiger partial charge is 0.462 e. The fourth-order valence-corrected chi connectivity index (χ4v) is 6.92. The molecule has 328 valence electrons. The van der Waals surface area contributed by atoms with Crippen LogP contribution in [0.5, 0.6) is 0 Å². The number of carbonyl (C=O) groups is 2. The Labute approximate surface area is 341 Å². The van der Waals surface area contributed by atoms with Crippen LogP contribution >= 0.6 is 0 Å². The Hall–Kier alpha value is -1.82. The molecule has 1 aliphatic heterocycles. The molecule has 0 aromatic heterocycles. The van der Waals surface area contributed by atoms with Gasteiger partial charge in [-0.2, -0.15) is 0 Å². The highest BCUT2D eigenvalue weighted by atomic mass is 16.7. The molecule has 10 heteroatoms. The third-order valence-electron chi connectivity index (χ3n) is 10.6. The molecule has 1 aliphatic rings. The summed E-state index contributed by atoms with van der Waals surface area (Å²) in [5.74, 6) is -0.808. The summed E-state index contributed by atoms with van der Waals surface area (Å²) in [5.41, 5.74) is 0. The van der Waals surface area contributed by atoms with Gasteiger partial charge in [0.15, 0.2) is 12.4 Å². The van der Waals surface area contributed by atoms with E-state index in [1.54, 1.807) is 0 Å². The fourth-order valence-electron chi connectivity index (χ4n) is 6.92. The number of aliphatic hydroxyl groups is 4. The molecular weight excluding hydrogens is 712 g/mol. The second-order valence-corrected chi connectivity index (χ2v) is 15.9. The Bertz CT molecular complexity index is 970. The molecule has 1 heterocycles. The number of hydrogen-bond acceptors (Lipinski definition) is 10. The molecular formula is C46H84O10. The van der Waals surface area contributed by atoms with Crippen LogP contribution in [0.3, 0.4) is 0 Å². The van der Waals surface area contributed by atoms with Gasteiger partial charge in [-0.15, -0.1) is 0 Å². The molecule has 0 aromatic rings. The standard InChI is InChI=1S/C46H84O10/c1-3-5-7-9-11-13-15-17-19-20-21-23-24-26-28-30-32-34-41(48)53-37-39(38-54-46-45(52)44(51)43(50)40(36-47)56-46)55-42(49)35-33-31-29-27-25-22-18-16-14-12-10-8-6-4-2/h11,13,17,19,39-40,43-47,50-52H,3-10,12,14-16,18,20-38H2,1-2H3/b13-11+,19-17+/t39-,40-,43+,44?,45?,46-/m0/s1. The van der Waals surface area contributed by atoms with Gasteiger partial charge in [-0.05, 0) is 44.9 Å². The van der Waals surface area contributed by atoms with Crippen molar-refractivity contribution in [2.75, 3.05) is 19.8 Å². The van der Waals surface area contributed by atoms with Gasteiger partial charge in [0, 0.05) is 12.8 Å². The molecule has 10 nitrogen and oxygen atoms in total. The van der Waals surface area contributed by atoms with Gasteiger partial charge in [0.25, 0.3) is 0 Å². The van der Waals surface area contributed by atoms with E-state index in [9.17, 15) is 30.0 Å². The van der Waals surface area contributed by atoms with Crippen LogP contribution in [0.25, 0.3) is 0 Å². The van der Waals surface area contributed by atoms with Crippen molar-refractivity contribution in [2.45, 2.75) is 237 Å². The van der Waals surface area contributed by atoms with E-state index in [2.05, 4.69) is 38.2 Å². The van der Waals surface area contributed by atoms with Crippen LogP contribution in [0.2, 0.25) is 0 Å². The molecule has 0 radical (unpaired) electrons. The van der Waals surface area contributed by atoms with E-state index in [0.717, 1.165) is 57.8 Å². The van der Waals surface area contributed by atoms with Gasteiger partial charge in [-0.1, -0.05) is 167 Å². The van der Waals surface area contributed by atoms with Gasteiger partial charge >= 0.3 is 11.9 Å². The molecule has 1 rings (SSSR count). The second-order valence-electron chi connectivity index (χ2n) is 15.9. The number of ether oxygens (including phenoxy) is 4. The fraction of sp³-hybridized carbons (Fsp3) is 0.870. The Morgan fingerprint density at radius 1 is 0.554 bits per heavy atom. The number of allylic oxidation sites excluding steroid dienone is 4. The first-order valence-corrected chi connectivity index (χ1v) is 22.9. The van der Waals surface area contributed by atoms with Crippen LogP contribution in [0.15, 0.2) is 24.3 Å². The maximum Gasteiger partial charge on any atom is 0.306 e. The normalized spacial score (nSPS) is 20.6. The average Bonchev–Trinajstić information content (AvgIpc) is 3.19. The Kier molecular flexibility index (Phi) is 34.9. The van der Waals surface area contributed by atoms with E-state index >= 15 is 0 Å². The summed E-state index contributed by atoms with van der Waals surface area (Å²) in [6, 6.07) is 0. The topological polar surface area (TPSA) is 152 Å². The minimum Gasteiger partial charge on any atom is -0.462 e. The molecule has 0 spiro atoms. The molecule has 2 unspecified atom stereocenters. The summed E-state index contributed by atoms with van der Waals surface area (Å²) < 4.78 is 22.2. The number of esters is 2. The lowest BCUT2D eigenvalue weighted by Gasteiger charge is -2.39. The lowest BCUT2D eigenvalue weighted by Crippen LogP contribution is -2.59. The molecule has 1 saturated heterocycles. The van der Waals surface area contributed by atoms with Gasteiger partial charge in [-0.25, -0.2) is 0 Å². The summed E-state index contributed by atoms with van der Waals surface area (Å²) in [6.07, 6.45) is 33.2. The van der Waals surface area contributed by atoms with E-state index in [1.807, 2.05) is 0 Å².